The second-order valence-corrected chi connectivity index (χ2v) is 7.09. The molecular formula is C20H24N2O5. The predicted molar refractivity (Wildman–Crippen MR) is 96.0 cm³/mol. The number of fused-ring (bicyclic) bond motifs is 1. The van der Waals surface area contributed by atoms with Crippen LogP contribution in [0.2, 0.25) is 0 Å². The summed E-state index contributed by atoms with van der Waals surface area (Å²) >= 11 is 0. The van der Waals surface area contributed by atoms with Crippen LogP contribution in [-0.2, 0) is 30.5 Å². The second-order valence-electron chi connectivity index (χ2n) is 7.09. The number of esters is 1. The molecule has 7 heteroatoms. The number of benzene rings is 1. The van der Waals surface area contributed by atoms with E-state index in [4.69, 9.17) is 4.74 Å². The van der Waals surface area contributed by atoms with E-state index in [9.17, 15) is 19.2 Å². The fourth-order valence-electron chi connectivity index (χ4n) is 3.78. The van der Waals surface area contributed by atoms with Crippen LogP contribution in [0.1, 0.15) is 38.2 Å². The molecule has 0 bridgehead atoms. The Balaban J connectivity index is 1.49. The lowest BCUT2D eigenvalue weighted by molar-refractivity contribution is -0.159. The van der Waals surface area contributed by atoms with Crippen LogP contribution in [0.3, 0.4) is 0 Å². The maximum absolute atomic E-state index is 12.5. The Kier molecular flexibility index (Phi) is 5.88. The first-order valence-corrected chi connectivity index (χ1v) is 9.33. The molecule has 3 atom stereocenters. The quantitative estimate of drug-likeness (QED) is 0.602. The van der Waals surface area contributed by atoms with Crippen LogP contribution in [0, 0.1) is 11.8 Å². The van der Waals surface area contributed by atoms with Gasteiger partial charge < -0.3 is 10.1 Å². The van der Waals surface area contributed by atoms with Crippen molar-refractivity contribution in [2.75, 3.05) is 6.61 Å². The zero-order valence-corrected chi connectivity index (χ0v) is 15.3. The van der Waals surface area contributed by atoms with Gasteiger partial charge in [-0.1, -0.05) is 43.2 Å². The van der Waals surface area contributed by atoms with Gasteiger partial charge in [0, 0.05) is 6.54 Å². The summed E-state index contributed by atoms with van der Waals surface area (Å²) in [5, 5.41) is 2.66. The fourth-order valence-corrected chi connectivity index (χ4v) is 3.78. The molecule has 1 N–H and O–H groups in total. The average Bonchev–Trinajstić information content (AvgIpc) is 2.95. The van der Waals surface area contributed by atoms with E-state index in [0.29, 0.717) is 19.4 Å². The molecule has 1 aliphatic heterocycles. The van der Waals surface area contributed by atoms with E-state index in [1.54, 1.807) is 0 Å². The Morgan fingerprint density at radius 2 is 1.70 bits per heavy atom. The molecule has 2 aliphatic rings. The normalized spacial score (nSPS) is 22.9. The number of imide groups is 1. The first-order chi connectivity index (χ1) is 13.0. The molecule has 144 valence electrons. The molecule has 1 aliphatic carbocycles. The van der Waals surface area contributed by atoms with Gasteiger partial charge in [-0.3, -0.25) is 19.3 Å². The molecule has 0 radical (unpaired) electrons. The van der Waals surface area contributed by atoms with Crippen molar-refractivity contribution in [1.29, 1.82) is 0 Å². The zero-order valence-electron chi connectivity index (χ0n) is 15.3. The number of hydrogen-bond donors (Lipinski definition) is 1. The van der Waals surface area contributed by atoms with Gasteiger partial charge in [0.2, 0.25) is 11.8 Å². The molecule has 1 saturated heterocycles. The van der Waals surface area contributed by atoms with E-state index in [0.717, 1.165) is 23.3 Å². The van der Waals surface area contributed by atoms with Gasteiger partial charge in [0.05, 0.1) is 11.8 Å². The van der Waals surface area contributed by atoms with Gasteiger partial charge in [0.15, 0.2) is 6.61 Å². The first-order valence-electron chi connectivity index (χ1n) is 9.33. The lowest BCUT2D eigenvalue weighted by Gasteiger charge is -2.21. The molecule has 1 aromatic rings. The van der Waals surface area contributed by atoms with Gasteiger partial charge in [0.1, 0.15) is 6.04 Å². The van der Waals surface area contributed by atoms with Crippen LogP contribution in [0.4, 0.5) is 0 Å². The summed E-state index contributed by atoms with van der Waals surface area (Å²) in [5.74, 6) is -2.38. The number of rotatable bonds is 6. The molecule has 0 unspecified atom stereocenters. The van der Waals surface area contributed by atoms with Crippen LogP contribution in [0.5, 0.6) is 0 Å². The van der Waals surface area contributed by atoms with Gasteiger partial charge in [-0.25, -0.2) is 4.79 Å². The van der Waals surface area contributed by atoms with E-state index in [2.05, 4.69) is 5.32 Å². The Morgan fingerprint density at radius 3 is 2.30 bits per heavy atom. The molecule has 27 heavy (non-hydrogen) atoms. The highest BCUT2D eigenvalue weighted by molar-refractivity contribution is 6.07. The van der Waals surface area contributed by atoms with Gasteiger partial charge in [-0.2, -0.15) is 0 Å². The van der Waals surface area contributed by atoms with E-state index in [-0.39, 0.29) is 23.7 Å². The maximum Gasteiger partial charge on any atom is 0.329 e. The molecule has 2 fully saturated rings. The van der Waals surface area contributed by atoms with Crippen LogP contribution >= 0.6 is 0 Å². The van der Waals surface area contributed by atoms with Crippen molar-refractivity contribution in [2.24, 2.45) is 11.8 Å². The van der Waals surface area contributed by atoms with Crippen LogP contribution in [0.25, 0.3) is 0 Å². The van der Waals surface area contributed by atoms with Crippen LogP contribution < -0.4 is 5.32 Å². The highest BCUT2D eigenvalue weighted by atomic mass is 16.5. The van der Waals surface area contributed by atoms with E-state index in [1.807, 2.05) is 30.3 Å². The van der Waals surface area contributed by atoms with Crippen molar-refractivity contribution in [3.05, 3.63) is 35.9 Å². The van der Waals surface area contributed by atoms with Crippen molar-refractivity contribution >= 4 is 23.7 Å². The highest BCUT2D eigenvalue weighted by Crippen LogP contribution is 2.38. The Morgan fingerprint density at radius 1 is 1.11 bits per heavy atom. The number of ether oxygens (including phenoxy) is 1. The topological polar surface area (TPSA) is 92.8 Å². The maximum atomic E-state index is 12.5. The number of likely N-dealkylation sites (tertiary alicyclic amines) is 1. The molecule has 0 spiro atoms. The smallest absolute Gasteiger partial charge is 0.329 e. The van der Waals surface area contributed by atoms with E-state index in [1.165, 1.54) is 6.92 Å². The number of carbonyl (C=O) groups is 4. The molecule has 3 rings (SSSR count). The van der Waals surface area contributed by atoms with Crippen molar-refractivity contribution in [3.63, 3.8) is 0 Å². The lowest BCUT2D eigenvalue weighted by Crippen LogP contribution is -2.45. The number of carbonyl (C=O) groups excluding carboxylic acids is 4. The molecule has 1 heterocycles. The van der Waals surface area contributed by atoms with Crippen molar-refractivity contribution in [2.45, 2.75) is 45.2 Å². The van der Waals surface area contributed by atoms with Crippen LogP contribution in [0.15, 0.2) is 30.3 Å². The summed E-state index contributed by atoms with van der Waals surface area (Å²) in [4.78, 5) is 50.2. The van der Waals surface area contributed by atoms with Gasteiger partial charge in [-0.05, 0) is 25.3 Å². The summed E-state index contributed by atoms with van der Waals surface area (Å²) in [5.41, 5.74) is 0.932. The summed E-state index contributed by atoms with van der Waals surface area (Å²) in [7, 11) is 0. The summed E-state index contributed by atoms with van der Waals surface area (Å²) < 4.78 is 5.02. The summed E-state index contributed by atoms with van der Waals surface area (Å²) in [6, 6.07) is 8.34. The number of hydrogen-bond acceptors (Lipinski definition) is 5. The van der Waals surface area contributed by atoms with E-state index >= 15 is 0 Å². The Labute approximate surface area is 158 Å². The lowest BCUT2D eigenvalue weighted by atomic mass is 9.81. The van der Waals surface area contributed by atoms with E-state index < -0.39 is 24.5 Å². The molecule has 7 nitrogen and oxygen atoms in total. The average molecular weight is 372 g/mol. The minimum Gasteiger partial charge on any atom is -0.454 e. The molecule has 1 aromatic carbocycles. The standard InChI is InChI=1S/C20H24N2O5/c1-13(22-18(24)15-9-5-6-10-16(15)19(22)25)20(26)27-12-17(23)21-11-14-7-3-2-4-8-14/h2-4,7-8,13,15-16H,5-6,9-12H2,1H3,(H,21,23)/t13-,15+,16+/m0/s1. The van der Waals surface area contributed by atoms with Crippen molar-refractivity contribution in [1.82, 2.24) is 10.2 Å². The van der Waals surface area contributed by atoms with Gasteiger partial charge in [0.25, 0.3) is 5.91 Å². The summed E-state index contributed by atoms with van der Waals surface area (Å²) in [6.45, 7) is 1.36. The number of amides is 3. The minimum absolute atomic E-state index is 0.289. The van der Waals surface area contributed by atoms with Gasteiger partial charge >= 0.3 is 5.97 Å². The minimum atomic E-state index is -1.02. The molecule has 3 amide bonds. The third-order valence-electron chi connectivity index (χ3n) is 5.28. The third kappa shape index (κ3) is 4.18. The second kappa shape index (κ2) is 8.33. The SMILES string of the molecule is C[C@@H](C(=O)OCC(=O)NCc1ccccc1)N1C(=O)[C@@H]2CCCC[C@H]2C1=O. The third-order valence-corrected chi connectivity index (χ3v) is 5.28. The Bertz CT molecular complexity index is 709. The summed E-state index contributed by atoms with van der Waals surface area (Å²) in [6.07, 6.45) is 3.23. The Hall–Kier alpha value is -2.70. The predicted octanol–water partition coefficient (Wildman–Crippen LogP) is 1.41. The highest BCUT2D eigenvalue weighted by Gasteiger charge is 2.51. The fraction of sp³-hybridized carbons (Fsp3) is 0.500. The monoisotopic (exact) mass is 372 g/mol. The molecular weight excluding hydrogens is 348 g/mol. The molecule has 1 saturated carbocycles. The van der Waals surface area contributed by atoms with Crippen molar-refractivity contribution in [3.8, 4) is 0 Å². The van der Waals surface area contributed by atoms with Crippen LogP contribution in [-0.4, -0.2) is 41.2 Å². The first kappa shape index (κ1) is 19.1. The largest absolute Gasteiger partial charge is 0.454 e. The molecule has 0 aromatic heterocycles. The van der Waals surface area contributed by atoms with Gasteiger partial charge in [-0.15, -0.1) is 0 Å². The zero-order chi connectivity index (χ0) is 19.4. The number of nitrogens with zero attached hydrogens (tertiary/aromatic N) is 1. The number of nitrogens with one attached hydrogen (secondary N) is 1. The van der Waals surface area contributed by atoms with Crippen molar-refractivity contribution < 1.29 is 23.9 Å².